The molecule has 3 aliphatic rings. The normalized spacial score (nSPS) is 22.3. The van der Waals surface area contributed by atoms with Gasteiger partial charge >= 0.3 is 0 Å². The summed E-state index contributed by atoms with van der Waals surface area (Å²) in [6.07, 6.45) is 3.07. The Morgan fingerprint density at radius 2 is 1.89 bits per heavy atom. The van der Waals surface area contributed by atoms with Crippen LogP contribution in [0.4, 0.5) is 4.39 Å². The van der Waals surface area contributed by atoms with Crippen LogP contribution < -0.4 is 10.6 Å². The van der Waals surface area contributed by atoms with Crippen LogP contribution in [0.5, 0.6) is 0 Å². The number of fused-ring (bicyclic) bond motifs is 1. The second kappa shape index (κ2) is 9.98. The first-order valence-corrected chi connectivity index (χ1v) is 12.4. The van der Waals surface area contributed by atoms with E-state index in [1.54, 1.807) is 28.5 Å². The molecule has 11 heteroatoms. The lowest BCUT2D eigenvalue weighted by molar-refractivity contribution is -0.133. The summed E-state index contributed by atoms with van der Waals surface area (Å²) in [4.78, 5) is 48.1. The van der Waals surface area contributed by atoms with E-state index < -0.39 is 11.4 Å². The van der Waals surface area contributed by atoms with Gasteiger partial charge in [0, 0.05) is 38.8 Å². The van der Waals surface area contributed by atoms with Crippen molar-refractivity contribution in [2.45, 2.75) is 44.4 Å². The second-order valence-electron chi connectivity index (χ2n) is 9.77. The van der Waals surface area contributed by atoms with Crippen molar-refractivity contribution in [3.63, 3.8) is 0 Å². The quantitative estimate of drug-likeness (QED) is 0.557. The average molecular weight is 499 g/mol. The van der Waals surface area contributed by atoms with Crippen LogP contribution in [0.1, 0.15) is 46.3 Å². The Morgan fingerprint density at radius 1 is 1.17 bits per heavy atom. The minimum atomic E-state index is -1.14. The summed E-state index contributed by atoms with van der Waals surface area (Å²) < 4.78 is 20.2. The minimum absolute atomic E-state index is 0.0556. The molecule has 0 radical (unpaired) electrons. The van der Waals surface area contributed by atoms with E-state index in [2.05, 4.69) is 20.5 Å². The Labute approximate surface area is 208 Å². The SMILES string of the molecule is C[C@@]1(C(=O)NCc2ccc(F)cc2)Cn2cnc(C(=O)NCCN3CCOCC3)c2C(=O)N1C1CC1. The van der Waals surface area contributed by atoms with Gasteiger partial charge in [0.25, 0.3) is 11.8 Å². The minimum Gasteiger partial charge on any atom is -0.379 e. The van der Waals surface area contributed by atoms with Gasteiger partial charge in [0.15, 0.2) is 5.69 Å². The summed E-state index contributed by atoms with van der Waals surface area (Å²) in [5.41, 5.74) is -0.0837. The molecule has 2 N–H and O–H groups in total. The summed E-state index contributed by atoms with van der Waals surface area (Å²) in [7, 11) is 0. The Bertz CT molecular complexity index is 1140. The number of imidazole rings is 1. The summed E-state index contributed by atoms with van der Waals surface area (Å²) >= 11 is 0. The Balaban J connectivity index is 1.29. The summed E-state index contributed by atoms with van der Waals surface area (Å²) in [5.74, 6) is -1.41. The van der Waals surface area contributed by atoms with Gasteiger partial charge in [-0.05, 0) is 37.5 Å². The lowest BCUT2D eigenvalue weighted by Crippen LogP contribution is -2.64. The van der Waals surface area contributed by atoms with E-state index in [9.17, 15) is 18.8 Å². The highest BCUT2D eigenvalue weighted by Gasteiger charge is 2.53. The van der Waals surface area contributed by atoms with Gasteiger partial charge in [-0.2, -0.15) is 0 Å². The van der Waals surface area contributed by atoms with Gasteiger partial charge in [-0.1, -0.05) is 12.1 Å². The van der Waals surface area contributed by atoms with Gasteiger partial charge in [-0.3, -0.25) is 19.3 Å². The first-order valence-electron chi connectivity index (χ1n) is 12.4. The van der Waals surface area contributed by atoms with E-state index in [0.29, 0.717) is 26.3 Å². The van der Waals surface area contributed by atoms with E-state index in [-0.39, 0.29) is 48.2 Å². The zero-order chi connectivity index (χ0) is 25.3. The zero-order valence-electron chi connectivity index (χ0n) is 20.3. The third-order valence-electron chi connectivity index (χ3n) is 7.07. The maximum atomic E-state index is 13.7. The average Bonchev–Trinajstić information content (AvgIpc) is 3.61. The van der Waals surface area contributed by atoms with Gasteiger partial charge in [0.05, 0.1) is 26.1 Å². The number of amides is 3. The van der Waals surface area contributed by atoms with Crippen molar-refractivity contribution < 1.29 is 23.5 Å². The molecule has 3 amide bonds. The Kier molecular flexibility index (Phi) is 6.76. The highest BCUT2D eigenvalue weighted by atomic mass is 19.1. The lowest BCUT2D eigenvalue weighted by Gasteiger charge is -2.44. The molecule has 0 spiro atoms. The molecule has 192 valence electrons. The predicted octanol–water partition coefficient (Wildman–Crippen LogP) is 0.778. The van der Waals surface area contributed by atoms with Gasteiger partial charge in [0.2, 0.25) is 5.91 Å². The van der Waals surface area contributed by atoms with Crippen LogP contribution in [0.2, 0.25) is 0 Å². The highest BCUT2D eigenvalue weighted by molar-refractivity contribution is 6.07. The van der Waals surface area contributed by atoms with Gasteiger partial charge in [-0.15, -0.1) is 0 Å². The molecule has 2 fully saturated rings. The molecule has 10 nitrogen and oxygen atoms in total. The number of hydrogen-bond acceptors (Lipinski definition) is 6. The molecule has 1 saturated carbocycles. The van der Waals surface area contributed by atoms with E-state index in [0.717, 1.165) is 31.5 Å². The fraction of sp³-hybridized carbons (Fsp3) is 0.520. The number of ether oxygens (including phenoxy) is 1. The van der Waals surface area contributed by atoms with Crippen LogP contribution in [-0.2, 0) is 22.6 Å². The summed E-state index contributed by atoms with van der Waals surface area (Å²) in [6.45, 7) is 6.30. The molecule has 1 aromatic heterocycles. The van der Waals surface area contributed by atoms with Gasteiger partial charge < -0.3 is 24.8 Å². The third-order valence-corrected chi connectivity index (χ3v) is 7.07. The van der Waals surface area contributed by atoms with Crippen LogP contribution in [0.25, 0.3) is 0 Å². The molecule has 1 atom stereocenters. The number of benzene rings is 1. The van der Waals surface area contributed by atoms with E-state index in [4.69, 9.17) is 4.74 Å². The second-order valence-corrected chi connectivity index (χ2v) is 9.77. The van der Waals surface area contributed by atoms with Crippen molar-refractivity contribution in [2.75, 3.05) is 39.4 Å². The van der Waals surface area contributed by atoms with Crippen LogP contribution in [0.15, 0.2) is 30.6 Å². The molecule has 3 heterocycles. The van der Waals surface area contributed by atoms with Gasteiger partial charge in [0.1, 0.15) is 17.1 Å². The molecule has 1 saturated heterocycles. The molecule has 36 heavy (non-hydrogen) atoms. The maximum absolute atomic E-state index is 13.7. The number of nitrogens with zero attached hydrogens (tertiary/aromatic N) is 4. The number of hydrogen-bond donors (Lipinski definition) is 2. The largest absolute Gasteiger partial charge is 0.379 e. The number of aromatic nitrogens is 2. The summed E-state index contributed by atoms with van der Waals surface area (Å²) in [6, 6.07) is 5.85. The maximum Gasteiger partial charge on any atom is 0.274 e. The van der Waals surface area contributed by atoms with Gasteiger partial charge in [-0.25, -0.2) is 9.37 Å². The zero-order valence-corrected chi connectivity index (χ0v) is 20.3. The smallest absolute Gasteiger partial charge is 0.274 e. The number of carbonyl (C=O) groups is 3. The first-order chi connectivity index (χ1) is 17.4. The molecule has 2 aliphatic heterocycles. The van der Waals surface area contributed by atoms with E-state index >= 15 is 0 Å². The molecule has 1 aliphatic carbocycles. The highest BCUT2D eigenvalue weighted by Crippen LogP contribution is 2.38. The molecule has 2 aromatic rings. The van der Waals surface area contributed by atoms with Crippen LogP contribution in [0, 0.1) is 5.82 Å². The number of halogens is 1. The van der Waals surface area contributed by atoms with Crippen molar-refractivity contribution in [3.05, 3.63) is 53.4 Å². The van der Waals surface area contributed by atoms with Crippen molar-refractivity contribution in [1.29, 1.82) is 0 Å². The lowest BCUT2D eigenvalue weighted by atomic mass is 9.93. The number of rotatable bonds is 8. The Hall–Kier alpha value is -3.31. The van der Waals surface area contributed by atoms with Crippen molar-refractivity contribution >= 4 is 17.7 Å². The topological polar surface area (TPSA) is 109 Å². The molecular formula is C25H31FN6O4. The monoisotopic (exact) mass is 498 g/mol. The molecular weight excluding hydrogens is 467 g/mol. The fourth-order valence-electron chi connectivity index (χ4n) is 4.93. The van der Waals surface area contributed by atoms with Crippen LogP contribution in [0.3, 0.4) is 0 Å². The van der Waals surface area contributed by atoms with E-state index in [1.807, 2.05) is 0 Å². The number of carbonyl (C=O) groups excluding carboxylic acids is 3. The predicted molar refractivity (Wildman–Crippen MR) is 128 cm³/mol. The molecule has 5 rings (SSSR count). The molecule has 0 bridgehead atoms. The summed E-state index contributed by atoms with van der Waals surface area (Å²) in [5, 5.41) is 5.77. The van der Waals surface area contributed by atoms with Crippen molar-refractivity contribution in [2.24, 2.45) is 0 Å². The van der Waals surface area contributed by atoms with Crippen molar-refractivity contribution in [1.82, 2.24) is 30.0 Å². The third kappa shape index (κ3) is 4.85. The number of nitrogens with one attached hydrogen (secondary N) is 2. The fourth-order valence-corrected chi connectivity index (χ4v) is 4.93. The van der Waals surface area contributed by atoms with Crippen LogP contribution in [-0.4, -0.2) is 88.0 Å². The van der Waals surface area contributed by atoms with Crippen molar-refractivity contribution in [3.8, 4) is 0 Å². The molecule has 1 aromatic carbocycles. The standard InChI is InChI=1S/C25H31FN6O4/c1-25(24(35)28-14-17-2-4-18(26)5-3-17)15-31-16-29-20(21(31)23(34)32(25)19-6-7-19)22(33)27-8-9-30-10-12-36-13-11-30/h2-5,16,19H,6-15H2,1H3,(H,27,33)(H,28,35)/t25-/m0/s1. The van der Waals surface area contributed by atoms with E-state index in [1.165, 1.54) is 18.5 Å². The van der Waals surface area contributed by atoms with Crippen LogP contribution >= 0.6 is 0 Å². The number of morpholine rings is 1. The molecule has 0 unspecified atom stereocenters. The Morgan fingerprint density at radius 3 is 2.58 bits per heavy atom. The first kappa shape index (κ1) is 24.4.